The fourth-order valence-corrected chi connectivity index (χ4v) is 2.65. The first-order valence-corrected chi connectivity index (χ1v) is 7.02. The number of benzene rings is 1. The van der Waals surface area contributed by atoms with Crippen molar-refractivity contribution in [2.75, 3.05) is 27.2 Å². The number of ether oxygens (including phenoxy) is 1. The Morgan fingerprint density at radius 2 is 2.05 bits per heavy atom. The van der Waals surface area contributed by atoms with Crippen molar-refractivity contribution in [2.24, 2.45) is 5.92 Å². The normalized spacial score (nSPS) is 17.0. The highest BCUT2D eigenvalue weighted by atomic mass is 16.5. The molecular formula is C16H23NO2. The maximum atomic E-state index is 12.0. The molecule has 1 aliphatic carbocycles. The number of esters is 1. The molecule has 0 aliphatic heterocycles. The van der Waals surface area contributed by atoms with E-state index in [-0.39, 0.29) is 11.9 Å². The van der Waals surface area contributed by atoms with Gasteiger partial charge in [0.25, 0.3) is 0 Å². The minimum absolute atomic E-state index is 0.147. The third-order valence-corrected chi connectivity index (χ3v) is 3.98. The molecule has 0 heterocycles. The summed E-state index contributed by atoms with van der Waals surface area (Å²) in [5.41, 5.74) is 1.04. The van der Waals surface area contributed by atoms with E-state index >= 15 is 0 Å². The molecule has 0 amide bonds. The van der Waals surface area contributed by atoms with E-state index in [9.17, 15) is 4.79 Å². The summed E-state index contributed by atoms with van der Waals surface area (Å²) in [6.45, 7) is 1.81. The Kier molecular flexibility index (Phi) is 4.97. The molecule has 1 aromatic carbocycles. The van der Waals surface area contributed by atoms with Crippen LogP contribution in [-0.2, 0) is 9.53 Å². The molecule has 1 atom stereocenters. The van der Waals surface area contributed by atoms with Gasteiger partial charge in [-0.15, -0.1) is 0 Å². The van der Waals surface area contributed by atoms with Gasteiger partial charge in [-0.25, -0.2) is 0 Å². The van der Waals surface area contributed by atoms with Gasteiger partial charge in [0.05, 0.1) is 13.0 Å². The Balaban J connectivity index is 1.99. The topological polar surface area (TPSA) is 29.5 Å². The second-order valence-electron chi connectivity index (χ2n) is 5.50. The molecule has 1 aliphatic rings. The van der Waals surface area contributed by atoms with Crippen molar-refractivity contribution >= 4 is 5.97 Å². The Hall–Kier alpha value is -1.35. The van der Waals surface area contributed by atoms with Crippen LogP contribution in [0.4, 0.5) is 0 Å². The Labute approximate surface area is 115 Å². The highest BCUT2D eigenvalue weighted by Gasteiger charge is 2.25. The molecule has 1 fully saturated rings. The Morgan fingerprint density at radius 3 is 2.58 bits per heavy atom. The number of carbonyl (C=O) groups is 1. The molecule has 3 heteroatoms. The lowest BCUT2D eigenvalue weighted by atomic mass is 9.85. The van der Waals surface area contributed by atoms with Gasteiger partial charge in [0, 0.05) is 13.1 Å². The van der Waals surface area contributed by atoms with E-state index in [1.165, 1.54) is 26.4 Å². The zero-order valence-electron chi connectivity index (χ0n) is 11.8. The monoisotopic (exact) mass is 261 g/mol. The van der Waals surface area contributed by atoms with Crippen LogP contribution in [0, 0.1) is 5.92 Å². The molecule has 2 rings (SSSR count). The average molecular weight is 261 g/mol. The number of rotatable bonds is 6. The van der Waals surface area contributed by atoms with Crippen molar-refractivity contribution in [1.82, 2.24) is 4.90 Å². The summed E-state index contributed by atoms with van der Waals surface area (Å²) in [7, 11) is 3.56. The van der Waals surface area contributed by atoms with Crippen LogP contribution in [0.2, 0.25) is 0 Å². The SMILES string of the molecule is COC(=O)C(CN(C)CC1CCC1)c1ccccc1. The second-order valence-corrected chi connectivity index (χ2v) is 5.50. The predicted molar refractivity (Wildman–Crippen MR) is 76.0 cm³/mol. The number of hydrogen-bond donors (Lipinski definition) is 0. The highest BCUT2D eigenvalue weighted by molar-refractivity contribution is 5.78. The molecule has 1 aromatic rings. The van der Waals surface area contributed by atoms with Crippen LogP contribution >= 0.6 is 0 Å². The van der Waals surface area contributed by atoms with Gasteiger partial charge >= 0.3 is 5.97 Å². The van der Waals surface area contributed by atoms with Crippen molar-refractivity contribution < 1.29 is 9.53 Å². The molecule has 19 heavy (non-hydrogen) atoms. The van der Waals surface area contributed by atoms with Crippen LogP contribution in [0.15, 0.2) is 30.3 Å². The van der Waals surface area contributed by atoms with Crippen molar-refractivity contribution in [1.29, 1.82) is 0 Å². The lowest BCUT2D eigenvalue weighted by molar-refractivity contribution is -0.142. The third kappa shape index (κ3) is 3.80. The van der Waals surface area contributed by atoms with Gasteiger partial charge in [0.2, 0.25) is 0 Å². The molecule has 1 unspecified atom stereocenters. The lowest BCUT2D eigenvalue weighted by Crippen LogP contribution is -2.35. The number of carbonyl (C=O) groups excluding carboxylic acids is 1. The average Bonchev–Trinajstić information content (AvgIpc) is 2.40. The van der Waals surface area contributed by atoms with Crippen LogP contribution < -0.4 is 0 Å². The van der Waals surface area contributed by atoms with Crippen LogP contribution in [0.3, 0.4) is 0 Å². The van der Waals surface area contributed by atoms with Gasteiger partial charge in [-0.2, -0.15) is 0 Å². The lowest BCUT2D eigenvalue weighted by Gasteiger charge is -2.31. The molecule has 0 N–H and O–H groups in total. The van der Waals surface area contributed by atoms with Crippen molar-refractivity contribution in [3.8, 4) is 0 Å². The van der Waals surface area contributed by atoms with Crippen molar-refractivity contribution in [3.63, 3.8) is 0 Å². The minimum Gasteiger partial charge on any atom is -0.469 e. The summed E-state index contributed by atoms with van der Waals surface area (Å²) in [6.07, 6.45) is 4.02. The van der Waals surface area contributed by atoms with Crippen molar-refractivity contribution in [2.45, 2.75) is 25.2 Å². The van der Waals surface area contributed by atoms with E-state index in [0.717, 1.165) is 24.6 Å². The summed E-state index contributed by atoms with van der Waals surface area (Å²) in [6, 6.07) is 9.90. The molecular weight excluding hydrogens is 238 g/mol. The fraction of sp³-hybridized carbons (Fsp3) is 0.562. The molecule has 0 spiro atoms. The van der Waals surface area contributed by atoms with Crippen molar-refractivity contribution in [3.05, 3.63) is 35.9 Å². The molecule has 1 saturated carbocycles. The zero-order chi connectivity index (χ0) is 13.7. The minimum atomic E-state index is -0.184. The van der Waals surface area contributed by atoms with Gasteiger partial charge < -0.3 is 9.64 Å². The molecule has 0 saturated heterocycles. The van der Waals surface area contributed by atoms with Gasteiger partial charge in [-0.05, 0) is 31.4 Å². The van der Waals surface area contributed by atoms with Crippen LogP contribution in [-0.4, -0.2) is 38.1 Å². The number of likely N-dealkylation sites (N-methyl/N-ethyl adjacent to an activating group) is 1. The van der Waals surface area contributed by atoms with Crippen LogP contribution in [0.1, 0.15) is 30.7 Å². The Morgan fingerprint density at radius 1 is 1.37 bits per heavy atom. The molecule has 0 bridgehead atoms. The summed E-state index contributed by atoms with van der Waals surface area (Å²) in [5, 5.41) is 0. The zero-order valence-corrected chi connectivity index (χ0v) is 11.8. The van der Waals surface area contributed by atoms with Gasteiger partial charge in [-0.1, -0.05) is 36.8 Å². The molecule has 104 valence electrons. The highest BCUT2D eigenvalue weighted by Crippen LogP contribution is 2.27. The standard InChI is InChI=1S/C16H23NO2/c1-17(11-13-7-6-8-13)12-15(16(18)19-2)14-9-4-3-5-10-14/h3-5,9-10,13,15H,6-8,11-12H2,1-2H3. The van der Waals surface area contributed by atoms with E-state index in [0.29, 0.717) is 0 Å². The third-order valence-electron chi connectivity index (χ3n) is 3.98. The molecule has 0 aromatic heterocycles. The molecule has 3 nitrogen and oxygen atoms in total. The molecule has 0 radical (unpaired) electrons. The number of hydrogen-bond acceptors (Lipinski definition) is 3. The van der Waals surface area contributed by atoms with E-state index < -0.39 is 0 Å². The Bertz CT molecular complexity index is 400. The van der Waals surface area contributed by atoms with Gasteiger partial charge in [-0.3, -0.25) is 4.79 Å². The summed E-state index contributed by atoms with van der Waals surface area (Å²) >= 11 is 0. The quantitative estimate of drug-likeness (QED) is 0.737. The first-order chi connectivity index (χ1) is 9.20. The van der Waals surface area contributed by atoms with Gasteiger partial charge in [0.15, 0.2) is 0 Å². The summed E-state index contributed by atoms with van der Waals surface area (Å²) in [4.78, 5) is 14.2. The largest absolute Gasteiger partial charge is 0.469 e. The van der Waals surface area contributed by atoms with Crippen LogP contribution in [0.25, 0.3) is 0 Å². The summed E-state index contributed by atoms with van der Waals surface area (Å²) < 4.78 is 4.95. The predicted octanol–water partition coefficient (Wildman–Crippen LogP) is 2.68. The van der Waals surface area contributed by atoms with E-state index in [1.807, 2.05) is 30.3 Å². The van der Waals surface area contributed by atoms with E-state index in [1.54, 1.807) is 0 Å². The fourth-order valence-electron chi connectivity index (χ4n) is 2.65. The first kappa shape index (κ1) is 14.1. The summed E-state index contributed by atoms with van der Waals surface area (Å²) in [5.74, 6) is 0.488. The number of nitrogens with zero attached hydrogens (tertiary/aromatic N) is 1. The maximum absolute atomic E-state index is 12.0. The maximum Gasteiger partial charge on any atom is 0.314 e. The number of methoxy groups -OCH3 is 1. The van der Waals surface area contributed by atoms with Crippen LogP contribution in [0.5, 0.6) is 0 Å². The van der Waals surface area contributed by atoms with E-state index in [2.05, 4.69) is 11.9 Å². The second kappa shape index (κ2) is 6.71. The smallest absolute Gasteiger partial charge is 0.314 e. The van der Waals surface area contributed by atoms with E-state index in [4.69, 9.17) is 4.74 Å². The van der Waals surface area contributed by atoms with Gasteiger partial charge in [0.1, 0.15) is 0 Å². The first-order valence-electron chi connectivity index (χ1n) is 7.02.